The molecule has 0 aliphatic carbocycles. The zero-order valence-electron chi connectivity index (χ0n) is 12.9. The lowest BCUT2D eigenvalue weighted by molar-refractivity contribution is -0.132. The molecule has 2 aromatic heterocycles. The van der Waals surface area contributed by atoms with Crippen molar-refractivity contribution in [2.45, 2.75) is 25.3 Å². The Bertz CT molecular complexity index is 579. The van der Waals surface area contributed by atoms with E-state index in [9.17, 15) is 4.79 Å². The van der Waals surface area contributed by atoms with Crippen LogP contribution in [-0.4, -0.2) is 52.6 Å². The highest BCUT2D eigenvalue weighted by Crippen LogP contribution is 2.25. The van der Waals surface area contributed by atoms with E-state index in [1.54, 1.807) is 17.4 Å². The molecule has 3 rings (SSSR count). The molecule has 22 heavy (non-hydrogen) atoms. The second-order valence-corrected chi connectivity index (χ2v) is 5.92. The van der Waals surface area contributed by atoms with Gasteiger partial charge in [-0.3, -0.25) is 14.8 Å². The summed E-state index contributed by atoms with van der Waals surface area (Å²) in [4.78, 5) is 16.3. The van der Waals surface area contributed by atoms with Gasteiger partial charge in [0.05, 0.1) is 19.4 Å². The third-order valence-electron chi connectivity index (χ3n) is 4.23. The highest BCUT2D eigenvalue weighted by Gasteiger charge is 2.24. The average molecular weight is 302 g/mol. The Morgan fingerprint density at radius 3 is 3.18 bits per heavy atom. The van der Waals surface area contributed by atoms with Crippen molar-refractivity contribution in [1.82, 2.24) is 20.0 Å². The normalized spacial score (nSPS) is 19.2. The van der Waals surface area contributed by atoms with Crippen LogP contribution in [0.4, 0.5) is 0 Å². The van der Waals surface area contributed by atoms with Gasteiger partial charge < -0.3 is 9.32 Å². The summed E-state index contributed by atoms with van der Waals surface area (Å²) >= 11 is 0. The van der Waals surface area contributed by atoms with E-state index in [1.807, 2.05) is 25.2 Å². The van der Waals surface area contributed by atoms with Gasteiger partial charge in [0, 0.05) is 31.4 Å². The number of furan rings is 1. The van der Waals surface area contributed by atoms with Gasteiger partial charge in [-0.25, -0.2) is 0 Å². The molecule has 0 spiro atoms. The minimum Gasteiger partial charge on any atom is -0.467 e. The number of amides is 1. The molecule has 0 radical (unpaired) electrons. The number of aromatic amines is 1. The monoisotopic (exact) mass is 302 g/mol. The molecule has 1 fully saturated rings. The first-order chi connectivity index (χ1) is 10.7. The van der Waals surface area contributed by atoms with E-state index in [0.717, 1.165) is 31.7 Å². The van der Waals surface area contributed by atoms with Crippen molar-refractivity contribution in [3.05, 3.63) is 42.1 Å². The van der Waals surface area contributed by atoms with Gasteiger partial charge in [0.15, 0.2) is 0 Å². The fourth-order valence-corrected chi connectivity index (χ4v) is 2.98. The van der Waals surface area contributed by atoms with Gasteiger partial charge in [-0.05, 0) is 37.6 Å². The molecule has 1 atom stereocenters. The van der Waals surface area contributed by atoms with E-state index in [2.05, 4.69) is 15.1 Å². The third-order valence-corrected chi connectivity index (χ3v) is 4.23. The number of carbonyl (C=O) groups excluding carboxylic acids is 1. The number of H-pyrrole nitrogens is 1. The maximum atomic E-state index is 12.4. The number of hydrogen-bond acceptors (Lipinski definition) is 4. The molecule has 0 saturated carbocycles. The summed E-state index contributed by atoms with van der Waals surface area (Å²) in [5, 5.41) is 7.07. The molecule has 0 unspecified atom stereocenters. The van der Waals surface area contributed by atoms with Crippen LogP contribution in [-0.2, 0) is 11.3 Å². The fraction of sp³-hybridized carbons (Fsp3) is 0.500. The Kier molecular flexibility index (Phi) is 4.58. The summed E-state index contributed by atoms with van der Waals surface area (Å²) in [5.41, 5.74) is 1.17. The Balaban J connectivity index is 1.52. The molecule has 6 nitrogen and oxygen atoms in total. The van der Waals surface area contributed by atoms with Crippen LogP contribution in [0.5, 0.6) is 0 Å². The van der Waals surface area contributed by atoms with E-state index >= 15 is 0 Å². The molecule has 1 aliphatic heterocycles. The number of carbonyl (C=O) groups is 1. The second-order valence-electron chi connectivity index (χ2n) is 5.92. The Hall–Kier alpha value is -2.08. The highest BCUT2D eigenvalue weighted by molar-refractivity contribution is 5.77. The van der Waals surface area contributed by atoms with Crippen molar-refractivity contribution < 1.29 is 9.21 Å². The summed E-state index contributed by atoms with van der Waals surface area (Å²) in [5.74, 6) is 1.38. The Morgan fingerprint density at radius 1 is 1.55 bits per heavy atom. The van der Waals surface area contributed by atoms with Crippen LogP contribution in [0.25, 0.3) is 0 Å². The van der Waals surface area contributed by atoms with E-state index in [0.29, 0.717) is 19.0 Å². The van der Waals surface area contributed by atoms with Crippen molar-refractivity contribution in [3.8, 4) is 0 Å². The number of nitrogens with one attached hydrogen (secondary N) is 1. The largest absolute Gasteiger partial charge is 0.467 e. The minimum atomic E-state index is 0.127. The van der Waals surface area contributed by atoms with Crippen LogP contribution in [0.3, 0.4) is 0 Å². The van der Waals surface area contributed by atoms with Gasteiger partial charge in [0.25, 0.3) is 0 Å². The van der Waals surface area contributed by atoms with Crippen molar-refractivity contribution in [3.63, 3.8) is 0 Å². The van der Waals surface area contributed by atoms with Crippen molar-refractivity contribution in [2.24, 2.45) is 0 Å². The first-order valence-corrected chi connectivity index (χ1v) is 7.70. The summed E-state index contributed by atoms with van der Waals surface area (Å²) in [7, 11) is 1.82. The van der Waals surface area contributed by atoms with Crippen LogP contribution < -0.4 is 0 Å². The van der Waals surface area contributed by atoms with Crippen LogP contribution in [0, 0.1) is 0 Å². The lowest BCUT2D eigenvalue weighted by Crippen LogP contribution is -2.42. The van der Waals surface area contributed by atoms with Crippen molar-refractivity contribution >= 4 is 5.91 Å². The van der Waals surface area contributed by atoms with Gasteiger partial charge in [0.1, 0.15) is 5.76 Å². The smallest absolute Gasteiger partial charge is 0.236 e. The molecule has 1 N–H and O–H groups in total. The maximum absolute atomic E-state index is 12.4. The molecular formula is C16H22N4O2. The van der Waals surface area contributed by atoms with E-state index in [1.165, 1.54) is 5.69 Å². The number of piperidine rings is 1. The lowest BCUT2D eigenvalue weighted by atomic mass is 9.95. The molecule has 0 aromatic carbocycles. The van der Waals surface area contributed by atoms with Gasteiger partial charge in [-0.1, -0.05) is 0 Å². The predicted octanol–water partition coefficient (Wildman–Crippen LogP) is 1.84. The van der Waals surface area contributed by atoms with E-state index < -0.39 is 0 Å². The van der Waals surface area contributed by atoms with Crippen molar-refractivity contribution in [1.29, 1.82) is 0 Å². The maximum Gasteiger partial charge on any atom is 0.236 e. The average Bonchev–Trinajstić information content (AvgIpc) is 3.21. The Labute approximate surface area is 130 Å². The standard InChI is InChI=1S/C16H22N4O2/c1-19(11-14-5-3-9-22-14)16(21)12-20-8-2-4-13(10-20)15-6-7-17-18-15/h3,5-7,9,13H,2,4,8,10-12H2,1H3,(H,17,18)/t13-/m0/s1. The summed E-state index contributed by atoms with van der Waals surface area (Å²) < 4.78 is 5.29. The lowest BCUT2D eigenvalue weighted by Gasteiger charge is -2.32. The van der Waals surface area contributed by atoms with Crippen molar-refractivity contribution in [2.75, 3.05) is 26.7 Å². The number of nitrogens with zero attached hydrogens (tertiary/aromatic N) is 3. The Morgan fingerprint density at radius 2 is 2.45 bits per heavy atom. The van der Waals surface area contributed by atoms with Gasteiger partial charge in [-0.15, -0.1) is 0 Å². The van der Waals surface area contributed by atoms with E-state index in [4.69, 9.17) is 4.42 Å². The SMILES string of the molecule is CN(Cc1ccco1)C(=O)CN1CCC[C@H](c2ccn[nH]2)C1. The zero-order chi connectivity index (χ0) is 15.4. The quantitative estimate of drug-likeness (QED) is 0.915. The van der Waals surface area contributed by atoms with Crippen LogP contribution >= 0.6 is 0 Å². The van der Waals surface area contributed by atoms with Gasteiger partial charge >= 0.3 is 0 Å². The second kappa shape index (κ2) is 6.79. The van der Waals surface area contributed by atoms with Crippen LogP contribution in [0.15, 0.2) is 35.1 Å². The topological polar surface area (TPSA) is 65.4 Å². The number of hydrogen-bond donors (Lipinski definition) is 1. The van der Waals surface area contributed by atoms with Crippen LogP contribution in [0.2, 0.25) is 0 Å². The summed E-state index contributed by atoms with van der Waals surface area (Å²) in [6, 6.07) is 5.76. The number of likely N-dealkylation sites (tertiary alicyclic amines) is 1. The predicted molar refractivity (Wildman–Crippen MR) is 82.2 cm³/mol. The molecule has 1 amide bonds. The fourth-order valence-electron chi connectivity index (χ4n) is 2.98. The zero-order valence-corrected chi connectivity index (χ0v) is 12.9. The molecule has 6 heteroatoms. The van der Waals surface area contributed by atoms with E-state index in [-0.39, 0.29) is 5.91 Å². The molecule has 0 bridgehead atoms. The number of likely N-dealkylation sites (N-methyl/N-ethyl adjacent to an activating group) is 1. The number of aromatic nitrogens is 2. The van der Waals surface area contributed by atoms with Crippen LogP contribution in [0.1, 0.15) is 30.2 Å². The van der Waals surface area contributed by atoms with Gasteiger partial charge in [0.2, 0.25) is 5.91 Å². The molecular weight excluding hydrogens is 280 g/mol. The molecule has 1 saturated heterocycles. The molecule has 2 aromatic rings. The molecule has 3 heterocycles. The molecule has 118 valence electrons. The highest BCUT2D eigenvalue weighted by atomic mass is 16.3. The molecule has 1 aliphatic rings. The third kappa shape index (κ3) is 3.57. The first kappa shape index (κ1) is 14.8. The van der Waals surface area contributed by atoms with Gasteiger partial charge in [-0.2, -0.15) is 5.10 Å². The summed E-state index contributed by atoms with van der Waals surface area (Å²) in [6.07, 6.45) is 5.68. The first-order valence-electron chi connectivity index (χ1n) is 7.70. The number of rotatable bonds is 5. The summed E-state index contributed by atoms with van der Waals surface area (Å²) in [6.45, 7) is 2.86. The minimum absolute atomic E-state index is 0.127.